The topological polar surface area (TPSA) is 0 Å². The van der Waals surface area contributed by atoms with Crippen LogP contribution in [0.1, 0.15) is 121 Å². The fourth-order valence-corrected chi connectivity index (χ4v) is 8.39. The molecule has 0 spiro atoms. The van der Waals surface area contributed by atoms with Gasteiger partial charge in [0.25, 0.3) is 0 Å². The molecule has 0 bridgehead atoms. The first kappa shape index (κ1) is 38.4. The SMILES string of the molecule is Cc1[c-]c2c(cc1)-c1ccc(C)cc1C2.[Cl-].[Cl-].[Zr+2]=[C](c1ccc(C2CCCCC2)cc1)c1ccc(C2CCCCC2)cc1.c1cc[cH-]c1. The average molecular weight is 751 g/mol. The minimum atomic E-state index is 0. The quantitative estimate of drug-likeness (QED) is 0.195. The van der Waals surface area contributed by atoms with Crippen molar-refractivity contribution in [1.29, 1.82) is 0 Å². The van der Waals surface area contributed by atoms with E-state index in [0.717, 1.165) is 18.3 Å². The van der Waals surface area contributed by atoms with E-state index in [1.165, 1.54) is 136 Å². The Morgan fingerprint density at radius 2 is 1.12 bits per heavy atom. The normalized spacial score (nSPS) is 15.2. The summed E-state index contributed by atoms with van der Waals surface area (Å²) in [5.41, 5.74) is 14.1. The summed E-state index contributed by atoms with van der Waals surface area (Å²) in [5, 5.41) is 0. The Balaban J connectivity index is 0.000000199. The molecule has 5 aromatic carbocycles. The van der Waals surface area contributed by atoms with Gasteiger partial charge < -0.3 is 24.8 Å². The van der Waals surface area contributed by atoms with Crippen molar-refractivity contribution in [1.82, 2.24) is 0 Å². The summed E-state index contributed by atoms with van der Waals surface area (Å²) in [5.74, 6) is 1.61. The first-order valence-electron chi connectivity index (χ1n) is 17.6. The first-order chi connectivity index (χ1) is 22.5. The molecule has 0 N–H and O–H groups in total. The van der Waals surface area contributed by atoms with E-state index in [9.17, 15) is 0 Å². The van der Waals surface area contributed by atoms with Gasteiger partial charge in [0, 0.05) is 0 Å². The summed E-state index contributed by atoms with van der Waals surface area (Å²) in [6.45, 7) is 4.26. The van der Waals surface area contributed by atoms with Gasteiger partial charge in [0.15, 0.2) is 0 Å². The Bertz CT molecular complexity index is 1560. The average Bonchev–Trinajstić information content (AvgIpc) is 3.81. The van der Waals surface area contributed by atoms with E-state index in [1.807, 2.05) is 30.3 Å². The van der Waals surface area contributed by atoms with Gasteiger partial charge in [-0.3, -0.25) is 0 Å². The molecule has 0 nitrogen and oxygen atoms in total. The van der Waals surface area contributed by atoms with E-state index >= 15 is 0 Å². The number of hydrogen-bond donors (Lipinski definition) is 0. The Hall–Kier alpha value is -2.44. The predicted octanol–water partition coefficient (Wildman–Crippen LogP) is 5.99. The molecular formula is C45H48Cl2Zr-2. The fraction of sp³-hybridized carbons (Fsp3) is 0.333. The molecule has 3 aliphatic carbocycles. The van der Waals surface area contributed by atoms with Crippen molar-refractivity contribution in [2.45, 2.75) is 96.3 Å². The van der Waals surface area contributed by atoms with Crippen LogP contribution < -0.4 is 24.8 Å². The van der Waals surface area contributed by atoms with Crippen molar-refractivity contribution in [2.24, 2.45) is 0 Å². The third-order valence-corrected chi connectivity index (χ3v) is 11.6. The van der Waals surface area contributed by atoms with Crippen molar-refractivity contribution in [2.75, 3.05) is 0 Å². The van der Waals surface area contributed by atoms with Gasteiger partial charge in [-0.05, 0) is 18.9 Å². The smallest absolute Gasteiger partial charge is 0.172 e. The van der Waals surface area contributed by atoms with Gasteiger partial charge in [0.1, 0.15) is 0 Å². The van der Waals surface area contributed by atoms with Gasteiger partial charge >= 0.3 is 174 Å². The van der Waals surface area contributed by atoms with Gasteiger partial charge in [0.2, 0.25) is 0 Å². The molecule has 0 aliphatic heterocycles. The van der Waals surface area contributed by atoms with Crippen LogP contribution in [0.5, 0.6) is 0 Å². The molecule has 2 fully saturated rings. The number of aryl methyl sites for hydroxylation is 2. The van der Waals surface area contributed by atoms with Crippen molar-refractivity contribution in [3.05, 3.63) is 160 Å². The molecule has 0 radical (unpaired) electrons. The van der Waals surface area contributed by atoms with Crippen LogP contribution in [0.4, 0.5) is 0 Å². The van der Waals surface area contributed by atoms with E-state index in [1.54, 1.807) is 11.1 Å². The van der Waals surface area contributed by atoms with Gasteiger partial charge in [-0.15, -0.1) is 11.1 Å². The number of halogens is 2. The zero-order valence-electron chi connectivity index (χ0n) is 28.6. The van der Waals surface area contributed by atoms with Crippen molar-refractivity contribution < 1.29 is 49.0 Å². The predicted molar refractivity (Wildman–Crippen MR) is 193 cm³/mol. The molecule has 248 valence electrons. The van der Waals surface area contributed by atoms with Crippen LogP contribution in [0.15, 0.2) is 109 Å². The van der Waals surface area contributed by atoms with E-state index < -0.39 is 0 Å². The summed E-state index contributed by atoms with van der Waals surface area (Å²) >= 11 is 1.51. The monoisotopic (exact) mass is 748 g/mol. The molecule has 48 heavy (non-hydrogen) atoms. The molecule has 8 rings (SSSR count). The molecule has 3 heteroatoms. The summed E-state index contributed by atoms with van der Waals surface area (Å²) in [4.78, 5) is 0. The van der Waals surface area contributed by atoms with Crippen LogP contribution in [0.25, 0.3) is 11.1 Å². The number of hydrogen-bond acceptors (Lipinski definition) is 0. The minimum Gasteiger partial charge on any atom is -0.214 e. The number of fused-ring (bicyclic) bond motifs is 3. The van der Waals surface area contributed by atoms with Gasteiger partial charge in [-0.25, -0.2) is 12.1 Å². The van der Waals surface area contributed by atoms with Gasteiger partial charge in [0.05, 0.1) is 0 Å². The van der Waals surface area contributed by atoms with Crippen LogP contribution in [0, 0.1) is 19.9 Å². The van der Waals surface area contributed by atoms with Crippen LogP contribution in [-0.4, -0.2) is 3.21 Å². The van der Waals surface area contributed by atoms with Crippen LogP contribution in [-0.2, 0) is 30.7 Å². The van der Waals surface area contributed by atoms with Crippen molar-refractivity contribution in [3.8, 4) is 11.1 Å². The van der Waals surface area contributed by atoms with Gasteiger partial charge in [-0.1, -0.05) is 36.2 Å². The van der Waals surface area contributed by atoms with Crippen LogP contribution in [0.2, 0.25) is 0 Å². The van der Waals surface area contributed by atoms with E-state index in [4.69, 9.17) is 0 Å². The minimum absolute atomic E-state index is 0. The molecular weight excluding hydrogens is 703 g/mol. The van der Waals surface area contributed by atoms with Crippen molar-refractivity contribution >= 4 is 3.21 Å². The van der Waals surface area contributed by atoms with Crippen LogP contribution in [0.3, 0.4) is 0 Å². The Labute approximate surface area is 317 Å². The van der Waals surface area contributed by atoms with E-state index in [0.29, 0.717) is 0 Å². The van der Waals surface area contributed by atoms with E-state index in [-0.39, 0.29) is 24.8 Å². The molecule has 0 aromatic heterocycles. The maximum absolute atomic E-state index is 3.45. The molecule has 0 unspecified atom stereocenters. The third-order valence-electron chi connectivity index (χ3n) is 10.2. The molecule has 3 aliphatic rings. The summed E-state index contributed by atoms with van der Waals surface area (Å²) in [6, 6.07) is 43.6. The van der Waals surface area contributed by atoms with Gasteiger partial charge in [-0.2, -0.15) is 42.0 Å². The maximum Gasteiger partial charge on any atom is -0.172 e. The number of rotatable bonds is 4. The van der Waals surface area contributed by atoms with Crippen LogP contribution >= 0.6 is 0 Å². The second kappa shape index (κ2) is 19.1. The second-order valence-electron chi connectivity index (χ2n) is 13.6. The third kappa shape index (κ3) is 10.1. The zero-order valence-corrected chi connectivity index (χ0v) is 32.6. The zero-order chi connectivity index (χ0) is 31.7. The molecule has 0 saturated heterocycles. The maximum atomic E-state index is 3.45. The number of benzene rings is 4. The summed E-state index contributed by atoms with van der Waals surface area (Å²) < 4.78 is 1.49. The Morgan fingerprint density at radius 1 is 0.625 bits per heavy atom. The van der Waals surface area contributed by atoms with Crippen molar-refractivity contribution in [3.63, 3.8) is 0 Å². The molecule has 2 saturated carbocycles. The summed E-state index contributed by atoms with van der Waals surface area (Å²) in [7, 11) is 0. The fourth-order valence-electron chi connectivity index (χ4n) is 7.57. The molecule has 5 aromatic rings. The van der Waals surface area contributed by atoms with E-state index in [2.05, 4.69) is 98.8 Å². The standard InChI is InChI=1S/C25H30.C15H13.C5H5.2ClH.Zr/c1-3-7-22(8-4-1)24-15-11-20(12-16-24)19-21-13-17-25(18-14-21)23-9-5-2-6-10-23;1-10-3-5-14-12(7-10)9-13-8-11(2)4-6-15(13)14;1-2-4-5-3-1;;;/h11-18,22-23H,1-10H2;3-7H,9H2,1-2H3;1-5H;2*1H;/q;2*-1;;;+2/p-2. The molecule has 0 atom stereocenters. The largest absolute Gasteiger partial charge is 0.214 e. The molecule has 0 heterocycles. The molecule has 0 amide bonds. The Kier molecular flexibility index (Phi) is 15.3. The summed E-state index contributed by atoms with van der Waals surface area (Å²) in [6.07, 6.45) is 15.1. The Morgan fingerprint density at radius 3 is 1.60 bits per heavy atom. The second-order valence-corrected chi connectivity index (χ2v) is 14.9. The first-order valence-corrected chi connectivity index (χ1v) is 18.9.